The number of hydrogen-bond donors (Lipinski definition) is 2. The predicted molar refractivity (Wildman–Crippen MR) is 125 cm³/mol. The number of urea groups is 1. The molecule has 2 heterocycles. The highest BCUT2D eigenvalue weighted by Crippen LogP contribution is 2.45. The number of nitrogens with zero attached hydrogens (tertiary/aromatic N) is 1. The average molecular weight is 428 g/mol. The van der Waals surface area contributed by atoms with E-state index < -0.39 is 6.04 Å². The van der Waals surface area contributed by atoms with Crippen LogP contribution in [-0.4, -0.2) is 11.8 Å². The van der Waals surface area contributed by atoms with Crippen LogP contribution in [0.1, 0.15) is 43.6 Å². The summed E-state index contributed by atoms with van der Waals surface area (Å²) in [5.74, 6) is 0.602. The third-order valence-electron chi connectivity index (χ3n) is 6.11. The van der Waals surface area contributed by atoms with Gasteiger partial charge in [-0.1, -0.05) is 37.3 Å². The van der Waals surface area contributed by atoms with Gasteiger partial charge in [0.25, 0.3) is 0 Å². The normalized spacial score (nSPS) is 17.8. The number of para-hydroxylation sites is 3. The first-order valence-electron chi connectivity index (χ1n) is 11.0. The van der Waals surface area contributed by atoms with Crippen molar-refractivity contribution < 1.29 is 14.0 Å². The summed E-state index contributed by atoms with van der Waals surface area (Å²) in [5.41, 5.74) is 4.76. The first-order chi connectivity index (χ1) is 15.7. The van der Waals surface area contributed by atoms with Gasteiger partial charge in [0.1, 0.15) is 11.8 Å². The highest BCUT2D eigenvalue weighted by atomic mass is 16.3. The fraction of sp³-hybridized carbons (Fsp3) is 0.231. The molecule has 1 atom stereocenters. The monoisotopic (exact) mass is 427 g/mol. The Morgan fingerprint density at radius 1 is 1.09 bits per heavy atom. The van der Waals surface area contributed by atoms with E-state index in [1.807, 2.05) is 54.6 Å². The summed E-state index contributed by atoms with van der Waals surface area (Å²) in [5, 5.41) is 6.54. The van der Waals surface area contributed by atoms with Crippen molar-refractivity contribution in [2.45, 2.75) is 38.6 Å². The lowest BCUT2D eigenvalue weighted by Crippen LogP contribution is -2.40. The second-order valence-electron chi connectivity index (χ2n) is 8.04. The number of anilines is 3. The Balaban J connectivity index is 1.67. The van der Waals surface area contributed by atoms with Crippen LogP contribution < -0.4 is 15.5 Å². The summed E-state index contributed by atoms with van der Waals surface area (Å²) in [6.07, 6.45) is 4.37. The Hall–Kier alpha value is -3.80. The Labute approximate surface area is 186 Å². The number of carbonyl (C=O) groups excluding carboxylic acids is 2. The molecule has 6 heteroatoms. The molecule has 162 valence electrons. The van der Waals surface area contributed by atoms with Crippen LogP contribution in [0.25, 0.3) is 0 Å². The van der Waals surface area contributed by atoms with Crippen molar-refractivity contribution in [3.63, 3.8) is 0 Å². The molecule has 32 heavy (non-hydrogen) atoms. The van der Waals surface area contributed by atoms with Gasteiger partial charge in [-0.05, 0) is 55.2 Å². The molecule has 3 aromatic rings. The van der Waals surface area contributed by atoms with Crippen LogP contribution in [0.2, 0.25) is 0 Å². The fourth-order valence-electron chi connectivity index (χ4n) is 4.60. The van der Waals surface area contributed by atoms with E-state index in [9.17, 15) is 9.59 Å². The largest absolute Gasteiger partial charge is 0.467 e. The number of fused-ring (bicyclic) bond motifs is 1. The minimum absolute atomic E-state index is 0.0414. The van der Waals surface area contributed by atoms with Crippen LogP contribution in [0.3, 0.4) is 0 Å². The molecule has 5 rings (SSSR count). The molecule has 2 amide bonds. The van der Waals surface area contributed by atoms with Crippen LogP contribution >= 0.6 is 0 Å². The summed E-state index contributed by atoms with van der Waals surface area (Å²) in [6, 6.07) is 18.1. The maximum Gasteiger partial charge on any atom is 0.327 e. The van der Waals surface area contributed by atoms with Gasteiger partial charge in [-0.15, -0.1) is 0 Å². The van der Waals surface area contributed by atoms with Gasteiger partial charge in [0.15, 0.2) is 5.78 Å². The van der Waals surface area contributed by atoms with E-state index in [1.165, 1.54) is 0 Å². The number of carbonyl (C=O) groups is 2. The lowest BCUT2D eigenvalue weighted by atomic mass is 9.88. The summed E-state index contributed by atoms with van der Waals surface area (Å²) in [6.45, 7) is 2.06. The van der Waals surface area contributed by atoms with Crippen LogP contribution in [0.4, 0.5) is 21.9 Å². The van der Waals surface area contributed by atoms with E-state index in [1.54, 1.807) is 17.2 Å². The van der Waals surface area contributed by atoms with Gasteiger partial charge in [-0.2, -0.15) is 0 Å². The molecule has 0 bridgehead atoms. The summed E-state index contributed by atoms with van der Waals surface area (Å²) >= 11 is 0. The predicted octanol–water partition coefficient (Wildman–Crippen LogP) is 6.05. The SMILES string of the molecule is CCc1ccccc1NC(=O)N1c2ccccc2NC2=C(C(=O)CCC2)[C@@H]1c1ccco1. The Kier molecular flexibility index (Phi) is 5.27. The van der Waals surface area contributed by atoms with Crippen molar-refractivity contribution >= 4 is 28.9 Å². The number of rotatable bonds is 3. The van der Waals surface area contributed by atoms with Gasteiger partial charge in [0.2, 0.25) is 0 Å². The molecule has 0 saturated heterocycles. The number of nitrogens with one attached hydrogen (secondary N) is 2. The molecule has 2 N–H and O–H groups in total. The minimum atomic E-state index is -0.655. The molecule has 0 spiro atoms. The van der Waals surface area contributed by atoms with Gasteiger partial charge in [0, 0.05) is 23.4 Å². The van der Waals surface area contributed by atoms with E-state index in [0.717, 1.165) is 41.9 Å². The summed E-state index contributed by atoms with van der Waals surface area (Å²) in [7, 11) is 0. The van der Waals surface area contributed by atoms with Crippen LogP contribution in [0.15, 0.2) is 82.6 Å². The van der Waals surface area contributed by atoms with Crippen LogP contribution in [-0.2, 0) is 11.2 Å². The van der Waals surface area contributed by atoms with E-state index in [0.29, 0.717) is 23.4 Å². The van der Waals surface area contributed by atoms with Crippen molar-refractivity contribution in [2.24, 2.45) is 0 Å². The smallest absolute Gasteiger partial charge is 0.327 e. The number of amides is 2. The third-order valence-corrected chi connectivity index (χ3v) is 6.11. The number of benzene rings is 2. The maximum atomic E-state index is 13.8. The van der Waals surface area contributed by atoms with Crippen molar-refractivity contribution in [1.29, 1.82) is 0 Å². The first kappa shape index (κ1) is 20.1. The van der Waals surface area contributed by atoms with Gasteiger partial charge in [-0.25, -0.2) is 4.79 Å². The average Bonchev–Trinajstić information content (AvgIpc) is 3.29. The summed E-state index contributed by atoms with van der Waals surface area (Å²) < 4.78 is 5.78. The van der Waals surface area contributed by atoms with E-state index in [2.05, 4.69) is 17.6 Å². The molecule has 2 aliphatic rings. The highest BCUT2D eigenvalue weighted by molar-refractivity contribution is 6.09. The molecule has 0 saturated carbocycles. The van der Waals surface area contributed by atoms with Gasteiger partial charge in [-0.3, -0.25) is 9.69 Å². The molecule has 1 aliphatic carbocycles. The van der Waals surface area contributed by atoms with Gasteiger partial charge < -0.3 is 15.1 Å². The lowest BCUT2D eigenvalue weighted by molar-refractivity contribution is -0.116. The number of ketones is 1. The van der Waals surface area contributed by atoms with Gasteiger partial charge >= 0.3 is 6.03 Å². The fourth-order valence-corrected chi connectivity index (χ4v) is 4.60. The third kappa shape index (κ3) is 3.47. The van der Waals surface area contributed by atoms with E-state index >= 15 is 0 Å². The van der Waals surface area contributed by atoms with E-state index in [4.69, 9.17) is 4.42 Å². The quantitative estimate of drug-likeness (QED) is 0.533. The minimum Gasteiger partial charge on any atom is -0.467 e. The second-order valence-corrected chi connectivity index (χ2v) is 8.04. The zero-order valence-corrected chi connectivity index (χ0v) is 17.9. The topological polar surface area (TPSA) is 74.6 Å². The second kappa shape index (κ2) is 8.38. The molecule has 0 unspecified atom stereocenters. The number of aryl methyl sites for hydroxylation is 1. The number of Topliss-reactive ketones (excluding diaryl/α,β-unsaturated/α-hetero) is 1. The van der Waals surface area contributed by atoms with Crippen molar-refractivity contribution in [1.82, 2.24) is 0 Å². The number of allylic oxidation sites excluding steroid dienone is 1. The number of furan rings is 1. The van der Waals surface area contributed by atoms with Crippen LogP contribution in [0.5, 0.6) is 0 Å². The summed E-state index contributed by atoms with van der Waals surface area (Å²) in [4.78, 5) is 28.7. The Bertz CT molecular complexity index is 1200. The standard InChI is InChI=1S/C26H25N3O3/c1-2-17-9-3-4-10-18(17)28-26(31)29-21-13-6-5-11-19(21)27-20-12-7-14-22(30)24(20)25(29)23-15-8-16-32-23/h3-6,8-11,13,15-16,25,27H,2,7,12,14H2,1H3,(H,28,31)/t25-/m0/s1. The molecule has 2 aromatic carbocycles. The molecule has 6 nitrogen and oxygen atoms in total. The molecular formula is C26H25N3O3. The van der Waals surface area contributed by atoms with Crippen LogP contribution in [0, 0.1) is 0 Å². The Morgan fingerprint density at radius 2 is 1.91 bits per heavy atom. The highest BCUT2D eigenvalue weighted by Gasteiger charge is 2.41. The van der Waals surface area contributed by atoms with Crippen molar-refractivity contribution in [3.8, 4) is 0 Å². The number of hydrogen-bond acceptors (Lipinski definition) is 4. The zero-order valence-electron chi connectivity index (χ0n) is 17.9. The first-order valence-corrected chi connectivity index (χ1v) is 11.0. The Morgan fingerprint density at radius 3 is 2.72 bits per heavy atom. The molecule has 1 aliphatic heterocycles. The van der Waals surface area contributed by atoms with Gasteiger partial charge in [0.05, 0.1) is 17.6 Å². The van der Waals surface area contributed by atoms with Crippen molar-refractivity contribution in [3.05, 3.63) is 89.5 Å². The lowest BCUT2D eigenvalue weighted by Gasteiger charge is -2.32. The molecule has 0 fully saturated rings. The molecule has 1 aromatic heterocycles. The molecular weight excluding hydrogens is 402 g/mol. The van der Waals surface area contributed by atoms with Crippen molar-refractivity contribution in [2.75, 3.05) is 15.5 Å². The maximum absolute atomic E-state index is 13.8. The zero-order chi connectivity index (χ0) is 22.1. The van der Waals surface area contributed by atoms with E-state index in [-0.39, 0.29) is 11.8 Å². The molecule has 0 radical (unpaired) electrons.